The molecule has 0 radical (unpaired) electrons. The molecular weight excluding hydrogens is 290 g/mol. The van der Waals surface area contributed by atoms with E-state index in [1.165, 1.54) is 0 Å². The summed E-state index contributed by atoms with van der Waals surface area (Å²) in [6.45, 7) is 8.99. The van der Waals surface area contributed by atoms with Crippen molar-refractivity contribution in [3.05, 3.63) is 30.5 Å². The van der Waals surface area contributed by atoms with Gasteiger partial charge in [-0.2, -0.15) is 0 Å². The molecule has 23 heavy (non-hydrogen) atoms. The topological polar surface area (TPSA) is 57.6 Å². The van der Waals surface area contributed by atoms with Crippen LogP contribution in [0.4, 0.5) is 5.69 Å². The maximum atomic E-state index is 10.7. The van der Waals surface area contributed by atoms with E-state index in [1.54, 1.807) is 13.3 Å². The summed E-state index contributed by atoms with van der Waals surface area (Å²) >= 11 is 0. The first-order valence-electron chi connectivity index (χ1n) is 8.10. The minimum Gasteiger partial charge on any atom is -0.497 e. The fraction of sp³-hybridized carbons (Fsp3) is 0.500. The van der Waals surface area contributed by atoms with E-state index in [9.17, 15) is 5.11 Å². The molecule has 2 N–H and O–H groups in total. The van der Waals surface area contributed by atoms with Gasteiger partial charge < -0.3 is 20.1 Å². The van der Waals surface area contributed by atoms with Crippen LogP contribution in [0.15, 0.2) is 30.5 Å². The molecule has 0 fully saturated rings. The van der Waals surface area contributed by atoms with Crippen molar-refractivity contribution < 1.29 is 9.84 Å². The van der Waals surface area contributed by atoms with Crippen LogP contribution in [0.5, 0.6) is 5.75 Å². The normalized spacial score (nSPS) is 14.0. The van der Waals surface area contributed by atoms with E-state index in [1.807, 2.05) is 31.2 Å². The van der Waals surface area contributed by atoms with Crippen LogP contribution in [0.1, 0.15) is 20.8 Å². The maximum Gasteiger partial charge on any atom is 0.121 e. The van der Waals surface area contributed by atoms with Crippen molar-refractivity contribution in [1.29, 1.82) is 0 Å². The van der Waals surface area contributed by atoms with Gasteiger partial charge in [-0.05, 0) is 32.1 Å². The van der Waals surface area contributed by atoms with Gasteiger partial charge in [-0.15, -0.1) is 0 Å². The number of fused-ring (bicyclic) bond motifs is 1. The highest BCUT2D eigenvalue weighted by Gasteiger charge is 2.23. The Labute approximate surface area is 138 Å². The second kappa shape index (κ2) is 7.62. The number of pyridine rings is 1. The minimum absolute atomic E-state index is 0.447. The number of hydrogen-bond donors (Lipinski definition) is 2. The summed E-state index contributed by atoms with van der Waals surface area (Å²) in [5.74, 6) is 0.774. The van der Waals surface area contributed by atoms with Gasteiger partial charge in [0.05, 0.1) is 23.9 Å². The molecule has 0 saturated heterocycles. The Bertz CT molecular complexity index is 639. The van der Waals surface area contributed by atoms with E-state index in [-0.39, 0.29) is 0 Å². The molecule has 5 heteroatoms. The molecule has 5 nitrogen and oxygen atoms in total. The van der Waals surface area contributed by atoms with Gasteiger partial charge >= 0.3 is 0 Å². The van der Waals surface area contributed by atoms with Crippen molar-refractivity contribution >= 4 is 16.6 Å². The number of rotatable bonds is 8. The Kier molecular flexibility index (Phi) is 5.80. The number of anilines is 1. The highest BCUT2D eigenvalue weighted by Crippen LogP contribution is 2.28. The molecule has 0 amide bonds. The fourth-order valence-electron chi connectivity index (χ4n) is 2.69. The van der Waals surface area contributed by atoms with E-state index in [4.69, 9.17) is 4.74 Å². The minimum atomic E-state index is -0.823. The molecule has 1 aromatic carbocycles. The molecule has 1 aromatic heterocycles. The third-order valence-electron chi connectivity index (χ3n) is 4.03. The highest BCUT2D eigenvalue weighted by molar-refractivity contribution is 5.91. The van der Waals surface area contributed by atoms with Crippen molar-refractivity contribution in [3.63, 3.8) is 0 Å². The lowest BCUT2D eigenvalue weighted by molar-refractivity contribution is 0.0342. The van der Waals surface area contributed by atoms with E-state index >= 15 is 0 Å². The van der Waals surface area contributed by atoms with Crippen LogP contribution in [0.3, 0.4) is 0 Å². The van der Waals surface area contributed by atoms with Crippen LogP contribution >= 0.6 is 0 Å². The van der Waals surface area contributed by atoms with Gasteiger partial charge in [0, 0.05) is 30.7 Å². The smallest absolute Gasteiger partial charge is 0.121 e. The first-order chi connectivity index (χ1) is 11.0. The van der Waals surface area contributed by atoms with Crippen molar-refractivity contribution in [2.24, 2.45) is 0 Å². The van der Waals surface area contributed by atoms with Crippen LogP contribution in [-0.4, -0.2) is 53.9 Å². The first kappa shape index (κ1) is 17.5. The molecule has 0 bridgehead atoms. The standard InChI is InChI=1S/C18H27N3O2/c1-5-21(6-2)13-18(3,22)12-20-16-11-15(23-4)10-14-8-7-9-19-17(14)16/h7-11,20,22H,5-6,12-13H2,1-4H3. The van der Waals surface area contributed by atoms with Crippen LogP contribution in [-0.2, 0) is 0 Å². The Morgan fingerprint density at radius 2 is 2.04 bits per heavy atom. The van der Waals surface area contributed by atoms with Gasteiger partial charge in [0.25, 0.3) is 0 Å². The number of benzene rings is 1. The number of aliphatic hydroxyl groups is 1. The van der Waals surface area contributed by atoms with Crippen molar-refractivity contribution in [2.75, 3.05) is 38.6 Å². The molecule has 1 heterocycles. The molecule has 1 atom stereocenters. The number of ether oxygens (including phenoxy) is 1. The molecule has 0 aliphatic heterocycles. The molecule has 2 rings (SSSR count). The molecule has 0 aliphatic rings. The van der Waals surface area contributed by atoms with Gasteiger partial charge in [0.2, 0.25) is 0 Å². The van der Waals surface area contributed by atoms with Crippen molar-refractivity contribution in [1.82, 2.24) is 9.88 Å². The maximum absolute atomic E-state index is 10.7. The lowest BCUT2D eigenvalue weighted by Gasteiger charge is -2.30. The van der Waals surface area contributed by atoms with Gasteiger partial charge in [-0.3, -0.25) is 4.98 Å². The van der Waals surface area contributed by atoms with Crippen LogP contribution in [0.25, 0.3) is 10.9 Å². The second-order valence-electron chi connectivity index (χ2n) is 6.06. The number of aromatic nitrogens is 1. The molecule has 0 aliphatic carbocycles. The van der Waals surface area contributed by atoms with Gasteiger partial charge in [0.1, 0.15) is 5.75 Å². The quantitative estimate of drug-likeness (QED) is 0.784. The van der Waals surface area contributed by atoms with Crippen molar-refractivity contribution in [2.45, 2.75) is 26.4 Å². The van der Waals surface area contributed by atoms with Crippen molar-refractivity contribution in [3.8, 4) is 5.75 Å². The molecule has 1 unspecified atom stereocenters. The zero-order chi connectivity index (χ0) is 16.9. The number of nitrogens with zero attached hydrogens (tertiary/aromatic N) is 2. The average Bonchev–Trinajstić information content (AvgIpc) is 2.57. The molecule has 126 valence electrons. The molecule has 0 spiro atoms. The summed E-state index contributed by atoms with van der Waals surface area (Å²) in [5.41, 5.74) is 0.933. The van der Waals surface area contributed by atoms with Crippen LogP contribution in [0.2, 0.25) is 0 Å². The highest BCUT2D eigenvalue weighted by atomic mass is 16.5. The summed E-state index contributed by atoms with van der Waals surface area (Å²) in [6.07, 6.45) is 1.77. The average molecular weight is 317 g/mol. The van der Waals surface area contributed by atoms with E-state index in [0.29, 0.717) is 13.1 Å². The number of likely N-dealkylation sites (N-methyl/N-ethyl adjacent to an activating group) is 1. The molecular formula is C18H27N3O2. The largest absolute Gasteiger partial charge is 0.497 e. The predicted octanol–water partition coefficient (Wildman–Crippen LogP) is 2.75. The lowest BCUT2D eigenvalue weighted by atomic mass is 10.1. The summed E-state index contributed by atoms with van der Waals surface area (Å²) in [6, 6.07) is 7.79. The summed E-state index contributed by atoms with van der Waals surface area (Å²) in [4.78, 5) is 6.65. The Morgan fingerprint density at radius 3 is 2.70 bits per heavy atom. The fourth-order valence-corrected chi connectivity index (χ4v) is 2.69. The second-order valence-corrected chi connectivity index (χ2v) is 6.06. The van der Waals surface area contributed by atoms with Gasteiger partial charge in [-0.1, -0.05) is 19.9 Å². The van der Waals surface area contributed by atoms with Gasteiger partial charge in [0.15, 0.2) is 0 Å². The number of hydrogen-bond acceptors (Lipinski definition) is 5. The molecule has 2 aromatic rings. The van der Waals surface area contributed by atoms with Crippen LogP contribution < -0.4 is 10.1 Å². The zero-order valence-electron chi connectivity index (χ0n) is 14.5. The van der Waals surface area contributed by atoms with E-state index in [2.05, 4.69) is 29.0 Å². The Morgan fingerprint density at radius 1 is 1.30 bits per heavy atom. The Hall–Kier alpha value is -1.85. The first-order valence-corrected chi connectivity index (χ1v) is 8.10. The van der Waals surface area contributed by atoms with Crippen LogP contribution in [0, 0.1) is 0 Å². The SMILES string of the molecule is CCN(CC)CC(C)(O)CNc1cc(OC)cc2cccnc12. The van der Waals surface area contributed by atoms with E-state index in [0.717, 1.165) is 35.4 Å². The van der Waals surface area contributed by atoms with Gasteiger partial charge in [-0.25, -0.2) is 0 Å². The van der Waals surface area contributed by atoms with E-state index < -0.39 is 5.60 Å². The molecule has 0 saturated carbocycles. The lowest BCUT2D eigenvalue weighted by Crippen LogP contribution is -2.45. The number of nitrogens with one attached hydrogen (secondary N) is 1. The number of methoxy groups -OCH3 is 1. The summed E-state index contributed by atoms with van der Waals surface area (Å²) in [5, 5.41) is 15.0. The Balaban J connectivity index is 2.18. The summed E-state index contributed by atoms with van der Waals surface area (Å²) < 4.78 is 5.36. The predicted molar refractivity (Wildman–Crippen MR) is 95.2 cm³/mol. The summed E-state index contributed by atoms with van der Waals surface area (Å²) in [7, 11) is 1.65. The monoisotopic (exact) mass is 317 g/mol. The third kappa shape index (κ3) is 4.56. The third-order valence-corrected chi connectivity index (χ3v) is 4.03. The zero-order valence-corrected chi connectivity index (χ0v) is 14.5.